The Morgan fingerprint density at radius 1 is 1.17 bits per heavy atom. The van der Waals surface area contributed by atoms with Gasteiger partial charge in [-0.05, 0) is 66.9 Å². The minimum Gasteiger partial charge on any atom is -0.491 e. The fraction of sp³-hybridized carbons (Fsp3) is 0.370. The minimum atomic E-state index is -5.54. The third-order valence-electron chi connectivity index (χ3n) is 6.73. The lowest BCUT2D eigenvalue weighted by molar-refractivity contribution is -0.284. The number of likely N-dealkylation sites (N-methyl/N-ethyl adjacent to an activating group) is 1. The van der Waals surface area contributed by atoms with E-state index in [1.807, 2.05) is 25.1 Å². The van der Waals surface area contributed by atoms with Crippen LogP contribution in [0.25, 0.3) is 33.1 Å². The number of aliphatic hydroxyl groups is 1. The number of hydrogen-bond donors (Lipinski definition) is 4. The molecular formula is C27H32F2N3O8PS. The van der Waals surface area contributed by atoms with Gasteiger partial charge in [0.05, 0.1) is 22.8 Å². The summed E-state index contributed by atoms with van der Waals surface area (Å²) in [6.07, 6.45) is -5.20. The van der Waals surface area contributed by atoms with Gasteiger partial charge in [0, 0.05) is 23.5 Å². The van der Waals surface area contributed by atoms with Crippen molar-refractivity contribution < 1.29 is 45.9 Å². The number of benzene rings is 2. The number of halogens is 2. The number of nitrogens with one attached hydrogen (secondary N) is 1. The van der Waals surface area contributed by atoms with Crippen molar-refractivity contribution in [3.05, 3.63) is 54.2 Å². The van der Waals surface area contributed by atoms with Crippen LogP contribution < -0.4 is 4.74 Å². The molecule has 0 aliphatic heterocycles. The highest BCUT2D eigenvalue weighted by Gasteiger charge is 2.48. The number of phosphoric ester groups is 1. The van der Waals surface area contributed by atoms with Crippen LogP contribution in [0.15, 0.2) is 53.6 Å². The van der Waals surface area contributed by atoms with Crippen molar-refractivity contribution in [1.82, 2.24) is 14.9 Å². The molecule has 11 nitrogen and oxygen atoms in total. The molecule has 0 aliphatic rings. The van der Waals surface area contributed by atoms with Crippen molar-refractivity contribution in [2.75, 3.05) is 25.4 Å². The number of phosphoric acid groups is 1. The van der Waals surface area contributed by atoms with Crippen molar-refractivity contribution in [3.8, 4) is 16.9 Å². The molecule has 1 unspecified atom stereocenters. The molecule has 2 aromatic carbocycles. The molecule has 2 heterocycles. The van der Waals surface area contributed by atoms with E-state index in [0.29, 0.717) is 22.5 Å². The number of ether oxygens (including phenoxy) is 1. The van der Waals surface area contributed by atoms with Gasteiger partial charge in [-0.3, -0.25) is 4.90 Å². The van der Waals surface area contributed by atoms with Crippen LogP contribution >= 0.6 is 7.82 Å². The molecule has 0 aliphatic carbocycles. The number of aliphatic hydroxyl groups excluding tert-OH is 1. The number of hydrogen-bond acceptors (Lipinski definition) is 8. The third kappa shape index (κ3) is 6.97. The van der Waals surface area contributed by atoms with Gasteiger partial charge in [0.1, 0.15) is 11.4 Å². The van der Waals surface area contributed by atoms with E-state index in [1.54, 1.807) is 37.4 Å². The Morgan fingerprint density at radius 3 is 2.57 bits per heavy atom. The van der Waals surface area contributed by atoms with Crippen molar-refractivity contribution in [1.29, 1.82) is 0 Å². The Kier molecular flexibility index (Phi) is 9.38. The number of nitrogens with zero attached hydrogens (tertiary/aromatic N) is 2. The lowest BCUT2D eigenvalue weighted by Crippen LogP contribution is -2.49. The summed E-state index contributed by atoms with van der Waals surface area (Å²) in [5.41, 5.74) is 3.57. The van der Waals surface area contributed by atoms with Crippen LogP contribution in [0.4, 0.5) is 8.78 Å². The number of rotatable bonds is 13. The largest absolute Gasteiger partial charge is 0.491 e. The maximum atomic E-state index is 14.0. The molecule has 0 spiro atoms. The van der Waals surface area contributed by atoms with Crippen molar-refractivity contribution in [3.63, 3.8) is 0 Å². The molecule has 0 amide bonds. The van der Waals surface area contributed by atoms with Gasteiger partial charge in [0.15, 0.2) is 9.84 Å². The summed E-state index contributed by atoms with van der Waals surface area (Å²) in [6.45, 7) is 4.89. The fourth-order valence-electron chi connectivity index (χ4n) is 4.67. The molecule has 4 rings (SSSR count). The number of aromatic amines is 1. The molecule has 42 heavy (non-hydrogen) atoms. The lowest BCUT2D eigenvalue weighted by Gasteiger charge is -2.31. The second kappa shape index (κ2) is 12.3. The Morgan fingerprint density at radius 2 is 1.90 bits per heavy atom. The molecular weight excluding hydrogens is 595 g/mol. The van der Waals surface area contributed by atoms with E-state index < -0.39 is 30.0 Å². The zero-order valence-corrected chi connectivity index (χ0v) is 24.8. The molecule has 0 bridgehead atoms. The number of aromatic nitrogens is 2. The Balaban J connectivity index is 1.62. The Bertz CT molecular complexity index is 1740. The van der Waals surface area contributed by atoms with E-state index in [1.165, 1.54) is 6.92 Å². The summed E-state index contributed by atoms with van der Waals surface area (Å²) in [7, 11) is -8.98. The number of aryl methyl sites for hydroxylation is 1. The zero-order valence-electron chi connectivity index (χ0n) is 23.1. The SMILES string of the molecule is CCN(CCCOc1ccc(-c2cccc(S(=O)(=O)CC)c2)c2c1[nH]c1ncc(C)cc12)C(O)C(F)(F)OP(=O)(O)O. The quantitative estimate of drug-likeness (QED) is 0.0937. The first-order valence-corrected chi connectivity index (χ1v) is 16.3. The normalized spacial score (nSPS) is 13.7. The van der Waals surface area contributed by atoms with Gasteiger partial charge in [-0.25, -0.2) is 22.5 Å². The average molecular weight is 628 g/mol. The minimum absolute atomic E-state index is 0.0321. The summed E-state index contributed by atoms with van der Waals surface area (Å²) in [5, 5.41) is 11.6. The van der Waals surface area contributed by atoms with Crippen LogP contribution in [0, 0.1) is 6.92 Å². The molecule has 1 atom stereocenters. The molecule has 4 N–H and O–H groups in total. The van der Waals surface area contributed by atoms with E-state index in [2.05, 4.69) is 14.5 Å². The number of alkyl halides is 2. The molecule has 4 aromatic rings. The summed E-state index contributed by atoms with van der Waals surface area (Å²) < 4.78 is 73.5. The predicted octanol–water partition coefficient (Wildman–Crippen LogP) is 4.60. The molecule has 15 heteroatoms. The van der Waals surface area contributed by atoms with Gasteiger partial charge >= 0.3 is 13.9 Å². The van der Waals surface area contributed by atoms with E-state index >= 15 is 0 Å². The van der Waals surface area contributed by atoms with Gasteiger partial charge in [-0.2, -0.15) is 8.78 Å². The third-order valence-corrected chi connectivity index (χ3v) is 8.94. The highest BCUT2D eigenvalue weighted by atomic mass is 32.2. The van der Waals surface area contributed by atoms with Crippen molar-refractivity contribution >= 4 is 39.6 Å². The number of fused-ring (bicyclic) bond motifs is 3. The molecule has 0 radical (unpaired) electrons. The summed E-state index contributed by atoms with van der Waals surface area (Å²) >= 11 is 0. The number of sulfone groups is 1. The summed E-state index contributed by atoms with van der Waals surface area (Å²) in [5.74, 6) is 0.413. The highest BCUT2D eigenvalue weighted by molar-refractivity contribution is 7.91. The molecule has 0 saturated carbocycles. The molecule has 2 aromatic heterocycles. The molecule has 0 saturated heterocycles. The second-order valence-electron chi connectivity index (χ2n) is 9.67. The number of pyridine rings is 1. The maximum absolute atomic E-state index is 14.0. The van der Waals surface area contributed by atoms with E-state index in [0.717, 1.165) is 26.8 Å². The first-order chi connectivity index (χ1) is 19.7. The Hall–Kier alpha value is -2.97. The van der Waals surface area contributed by atoms with Crippen LogP contribution in [0.2, 0.25) is 0 Å². The lowest BCUT2D eigenvalue weighted by atomic mass is 9.99. The van der Waals surface area contributed by atoms with Gasteiger partial charge in [0.2, 0.25) is 6.23 Å². The standard InChI is InChI=1S/C27H32F2N3O8PS/c1-4-32(26(33)27(28,29)40-41(34,35)36)12-7-13-39-22-11-10-20(18-8-6-9-19(15-18)42(37,38)5-2)23-21-14-17(3)16-30-25(21)31-24(22)23/h6,8-11,14-16,26,33H,4-5,7,12-13H2,1-3H3,(H,30,31)(H2,34,35,36). The second-order valence-corrected chi connectivity index (χ2v) is 13.1. The van der Waals surface area contributed by atoms with E-state index in [4.69, 9.17) is 14.5 Å². The monoisotopic (exact) mass is 627 g/mol. The molecule has 0 fully saturated rings. The fourth-order valence-corrected chi connectivity index (χ4v) is 6.01. The summed E-state index contributed by atoms with van der Waals surface area (Å²) in [6, 6.07) is 12.2. The maximum Gasteiger partial charge on any atom is 0.474 e. The van der Waals surface area contributed by atoms with Crippen molar-refractivity contribution in [2.24, 2.45) is 0 Å². The highest BCUT2D eigenvalue weighted by Crippen LogP contribution is 2.44. The smallest absolute Gasteiger partial charge is 0.474 e. The van der Waals surface area contributed by atoms with Gasteiger partial charge in [0.25, 0.3) is 0 Å². The first kappa shape index (κ1) is 32.0. The van der Waals surface area contributed by atoms with Crippen LogP contribution in [-0.2, 0) is 18.9 Å². The average Bonchev–Trinajstić information content (AvgIpc) is 3.30. The van der Waals surface area contributed by atoms with Crippen LogP contribution in [0.1, 0.15) is 25.8 Å². The zero-order chi connectivity index (χ0) is 30.9. The van der Waals surface area contributed by atoms with E-state index in [-0.39, 0.29) is 36.8 Å². The summed E-state index contributed by atoms with van der Waals surface area (Å²) in [4.78, 5) is 26.3. The van der Waals surface area contributed by atoms with Gasteiger partial charge < -0.3 is 24.6 Å². The first-order valence-electron chi connectivity index (χ1n) is 13.1. The van der Waals surface area contributed by atoms with Gasteiger partial charge in [-0.15, -0.1) is 0 Å². The Labute approximate surface area is 241 Å². The topological polar surface area (TPSA) is 162 Å². The van der Waals surface area contributed by atoms with Crippen LogP contribution in [0.5, 0.6) is 5.75 Å². The molecule has 228 valence electrons. The van der Waals surface area contributed by atoms with Crippen molar-refractivity contribution in [2.45, 2.75) is 44.4 Å². The van der Waals surface area contributed by atoms with Gasteiger partial charge in [-0.1, -0.05) is 26.0 Å². The number of H-pyrrole nitrogens is 1. The van der Waals surface area contributed by atoms with E-state index in [9.17, 15) is 26.9 Å². The predicted molar refractivity (Wildman–Crippen MR) is 153 cm³/mol. The van der Waals surface area contributed by atoms with Crippen LogP contribution in [0.3, 0.4) is 0 Å². The van der Waals surface area contributed by atoms with Crippen LogP contribution in [-0.4, -0.2) is 76.0 Å².